The molecule has 0 spiro atoms. The highest BCUT2D eigenvalue weighted by atomic mass is 16.2. The number of carbonyl (C=O) groups excluding carboxylic acids is 2. The van der Waals surface area contributed by atoms with Gasteiger partial charge >= 0.3 is 0 Å². The lowest BCUT2D eigenvalue weighted by Crippen LogP contribution is -2.43. The van der Waals surface area contributed by atoms with E-state index in [0.29, 0.717) is 13.1 Å². The molecule has 0 aliphatic rings. The Morgan fingerprint density at radius 1 is 0.955 bits per heavy atom. The summed E-state index contributed by atoms with van der Waals surface area (Å²) in [6.45, 7) is 3.95. The van der Waals surface area contributed by atoms with Gasteiger partial charge < -0.3 is 15.5 Å². The maximum atomic E-state index is 12.1. The van der Waals surface area contributed by atoms with Crippen LogP contribution in [0, 0.1) is 0 Å². The van der Waals surface area contributed by atoms with Crippen molar-refractivity contribution in [2.45, 2.75) is 45.1 Å². The van der Waals surface area contributed by atoms with Gasteiger partial charge in [-0.1, -0.05) is 13.3 Å². The highest BCUT2D eigenvalue weighted by molar-refractivity contribution is 5.81. The number of unbranched alkanes of at least 4 members (excludes halogenated alkanes) is 2. The Morgan fingerprint density at radius 3 is 2.14 bits per heavy atom. The van der Waals surface area contributed by atoms with Crippen molar-refractivity contribution in [2.75, 3.05) is 47.8 Å². The average molecular weight is 314 g/mol. The van der Waals surface area contributed by atoms with Gasteiger partial charge in [-0.05, 0) is 53.9 Å². The molecule has 0 radical (unpaired) electrons. The molecule has 0 saturated carbocycles. The number of rotatable bonds is 12. The molecule has 0 unspecified atom stereocenters. The first-order valence-electron chi connectivity index (χ1n) is 8.24. The van der Waals surface area contributed by atoms with Crippen LogP contribution in [0.15, 0.2) is 0 Å². The molecule has 2 amide bonds. The van der Waals surface area contributed by atoms with Gasteiger partial charge in [0.05, 0.1) is 12.6 Å². The van der Waals surface area contributed by atoms with Gasteiger partial charge in [-0.3, -0.25) is 14.5 Å². The van der Waals surface area contributed by atoms with Crippen LogP contribution >= 0.6 is 0 Å². The van der Waals surface area contributed by atoms with Crippen LogP contribution in [-0.4, -0.2) is 75.5 Å². The number of likely N-dealkylation sites (N-methyl/N-ethyl adjacent to an activating group) is 2. The fourth-order valence-corrected chi connectivity index (χ4v) is 2.16. The van der Waals surface area contributed by atoms with Crippen molar-refractivity contribution in [1.82, 2.24) is 20.4 Å². The highest BCUT2D eigenvalue weighted by Crippen LogP contribution is 2.06. The number of nitrogens with zero attached hydrogens (tertiary/aromatic N) is 2. The Balaban J connectivity index is 3.91. The molecule has 0 aliphatic heterocycles. The topological polar surface area (TPSA) is 64.7 Å². The molecule has 0 aromatic carbocycles. The predicted molar refractivity (Wildman–Crippen MR) is 90.8 cm³/mol. The van der Waals surface area contributed by atoms with E-state index in [9.17, 15) is 9.59 Å². The second-order valence-corrected chi connectivity index (χ2v) is 6.21. The van der Waals surface area contributed by atoms with E-state index < -0.39 is 0 Å². The van der Waals surface area contributed by atoms with Crippen LogP contribution in [0.1, 0.15) is 39.0 Å². The van der Waals surface area contributed by atoms with Gasteiger partial charge in [0.25, 0.3) is 0 Å². The molecule has 1 atom stereocenters. The van der Waals surface area contributed by atoms with Crippen LogP contribution in [0.5, 0.6) is 0 Å². The van der Waals surface area contributed by atoms with Gasteiger partial charge in [0.1, 0.15) is 0 Å². The molecular weight excluding hydrogens is 280 g/mol. The molecule has 0 aliphatic carbocycles. The molecule has 2 N–H and O–H groups in total. The lowest BCUT2D eigenvalue weighted by atomic mass is 10.1. The van der Waals surface area contributed by atoms with Crippen molar-refractivity contribution in [3.63, 3.8) is 0 Å². The minimum absolute atomic E-state index is 0.0477. The fourth-order valence-electron chi connectivity index (χ4n) is 2.16. The van der Waals surface area contributed by atoms with Crippen LogP contribution in [0.25, 0.3) is 0 Å². The van der Waals surface area contributed by atoms with Crippen molar-refractivity contribution < 1.29 is 9.59 Å². The van der Waals surface area contributed by atoms with Crippen LogP contribution in [-0.2, 0) is 9.59 Å². The molecule has 0 saturated heterocycles. The maximum Gasteiger partial charge on any atom is 0.237 e. The average Bonchev–Trinajstić information content (AvgIpc) is 2.41. The van der Waals surface area contributed by atoms with E-state index in [0.717, 1.165) is 38.6 Å². The Morgan fingerprint density at radius 2 is 1.59 bits per heavy atom. The summed E-state index contributed by atoms with van der Waals surface area (Å²) in [7, 11) is 7.61. The van der Waals surface area contributed by atoms with Crippen molar-refractivity contribution in [2.24, 2.45) is 0 Å². The number of nitrogens with one attached hydrogen (secondary N) is 2. The third kappa shape index (κ3) is 10.6. The lowest BCUT2D eigenvalue weighted by molar-refractivity contribution is -0.126. The lowest BCUT2D eigenvalue weighted by Gasteiger charge is -2.23. The van der Waals surface area contributed by atoms with Gasteiger partial charge in [0.15, 0.2) is 0 Å². The molecule has 0 aromatic rings. The van der Waals surface area contributed by atoms with E-state index in [1.165, 1.54) is 0 Å². The zero-order valence-corrected chi connectivity index (χ0v) is 14.9. The number of hydrogen-bond acceptors (Lipinski definition) is 4. The molecule has 0 fully saturated rings. The van der Waals surface area contributed by atoms with Gasteiger partial charge in [0, 0.05) is 13.1 Å². The summed E-state index contributed by atoms with van der Waals surface area (Å²) < 4.78 is 0. The Hall–Kier alpha value is -1.14. The largest absolute Gasteiger partial charge is 0.355 e. The Bertz CT molecular complexity index is 319. The molecule has 0 heterocycles. The molecule has 130 valence electrons. The summed E-state index contributed by atoms with van der Waals surface area (Å²) in [4.78, 5) is 27.4. The van der Waals surface area contributed by atoms with Gasteiger partial charge in [-0.15, -0.1) is 0 Å². The first-order valence-corrected chi connectivity index (χ1v) is 8.24. The highest BCUT2D eigenvalue weighted by Gasteiger charge is 2.19. The van der Waals surface area contributed by atoms with Crippen molar-refractivity contribution >= 4 is 11.8 Å². The monoisotopic (exact) mass is 314 g/mol. The summed E-state index contributed by atoms with van der Waals surface area (Å²) in [5.74, 6) is 0.154. The third-order valence-corrected chi connectivity index (χ3v) is 3.44. The normalized spacial score (nSPS) is 12.5. The van der Waals surface area contributed by atoms with E-state index in [-0.39, 0.29) is 17.9 Å². The van der Waals surface area contributed by atoms with E-state index >= 15 is 0 Å². The predicted octanol–water partition coefficient (Wildman–Crippen LogP) is 0.681. The van der Waals surface area contributed by atoms with Crippen LogP contribution in [0.4, 0.5) is 0 Å². The standard InChI is InChI=1S/C16H34N4O2/c1-6-7-11-18-16(22)14(20(4)5)10-8-9-12-17-15(21)13-19(2)3/h14H,6-13H2,1-5H3,(H,17,21)(H,18,22)/t14-/m0/s1. The Labute approximate surface area is 135 Å². The molecular formula is C16H34N4O2. The summed E-state index contributed by atoms with van der Waals surface area (Å²) >= 11 is 0. The molecule has 6 heteroatoms. The van der Waals surface area contributed by atoms with Crippen LogP contribution < -0.4 is 10.6 Å². The SMILES string of the molecule is CCCCNC(=O)[C@H](CCCCNC(=O)CN(C)C)N(C)C. The summed E-state index contributed by atoms with van der Waals surface area (Å²) in [5, 5.41) is 5.88. The fraction of sp³-hybridized carbons (Fsp3) is 0.875. The van der Waals surface area contributed by atoms with Gasteiger partial charge in [0.2, 0.25) is 11.8 Å². The van der Waals surface area contributed by atoms with Gasteiger partial charge in [-0.2, -0.15) is 0 Å². The molecule has 0 aromatic heterocycles. The summed E-state index contributed by atoms with van der Waals surface area (Å²) in [6.07, 6.45) is 4.73. The second-order valence-electron chi connectivity index (χ2n) is 6.21. The number of amides is 2. The van der Waals surface area contributed by atoms with E-state index in [4.69, 9.17) is 0 Å². The summed E-state index contributed by atoms with van der Waals surface area (Å²) in [6, 6.07) is -0.0886. The zero-order chi connectivity index (χ0) is 17.0. The van der Waals surface area contributed by atoms with Crippen molar-refractivity contribution in [1.29, 1.82) is 0 Å². The quantitative estimate of drug-likeness (QED) is 0.520. The van der Waals surface area contributed by atoms with E-state index in [1.807, 2.05) is 38.0 Å². The van der Waals surface area contributed by atoms with Crippen LogP contribution in [0.2, 0.25) is 0 Å². The minimum Gasteiger partial charge on any atom is -0.355 e. The maximum absolute atomic E-state index is 12.1. The van der Waals surface area contributed by atoms with Gasteiger partial charge in [-0.25, -0.2) is 0 Å². The third-order valence-electron chi connectivity index (χ3n) is 3.44. The number of carbonyl (C=O) groups is 2. The smallest absolute Gasteiger partial charge is 0.237 e. The first-order chi connectivity index (χ1) is 10.4. The van der Waals surface area contributed by atoms with Crippen LogP contribution in [0.3, 0.4) is 0 Å². The zero-order valence-electron chi connectivity index (χ0n) is 14.9. The molecule has 22 heavy (non-hydrogen) atoms. The molecule has 0 bridgehead atoms. The first kappa shape index (κ1) is 20.9. The summed E-state index contributed by atoms with van der Waals surface area (Å²) in [5.41, 5.74) is 0. The number of hydrogen-bond donors (Lipinski definition) is 2. The van der Waals surface area contributed by atoms with Crippen molar-refractivity contribution in [3.8, 4) is 0 Å². The van der Waals surface area contributed by atoms with E-state index in [2.05, 4.69) is 17.6 Å². The van der Waals surface area contributed by atoms with E-state index in [1.54, 1.807) is 0 Å². The van der Waals surface area contributed by atoms with Crippen molar-refractivity contribution in [3.05, 3.63) is 0 Å². The molecule has 0 rings (SSSR count). The molecule has 6 nitrogen and oxygen atoms in total. The second kappa shape index (κ2) is 12.4. The Kier molecular flexibility index (Phi) is 11.8. The minimum atomic E-state index is -0.0886.